The van der Waals surface area contributed by atoms with Crippen molar-refractivity contribution in [1.82, 2.24) is 4.90 Å². The Hall–Kier alpha value is -1.89. The molecule has 0 saturated heterocycles. The molecule has 1 aromatic carbocycles. The van der Waals surface area contributed by atoms with Gasteiger partial charge in [-0.3, -0.25) is 9.59 Å². The number of methoxy groups -OCH3 is 2. The number of carbonyl (C=O) groups is 2. The van der Waals surface area contributed by atoms with Crippen LogP contribution in [0.3, 0.4) is 0 Å². The summed E-state index contributed by atoms with van der Waals surface area (Å²) in [6.45, 7) is 2.59. The lowest BCUT2D eigenvalue weighted by Gasteiger charge is -2.37. The highest BCUT2D eigenvalue weighted by Gasteiger charge is 2.33. The van der Waals surface area contributed by atoms with E-state index >= 15 is 0 Å². The van der Waals surface area contributed by atoms with Crippen molar-refractivity contribution >= 4 is 23.6 Å². The number of thioether (sulfide) groups is 1. The van der Waals surface area contributed by atoms with Crippen LogP contribution in [0.25, 0.3) is 0 Å². The molecule has 138 valence electrons. The zero-order valence-corrected chi connectivity index (χ0v) is 15.7. The number of nitrogens with zero attached hydrogens (tertiary/aromatic N) is 1. The van der Waals surface area contributed by atoms with Crippen LogP contribution in [0, 0.1) is 0 Å². The second-order valence-corrected chi connectivity index (χ2v) is 7.01. The lowest BCUT2D eigenvalue weighted by Crippen LogP contribution is -2.42. The first-order valence-electron chi connectivity index (χ1n) is 8.35. The molecule has 1 aliphatic rings. The molecule has 0 saturated carbocycles. The minimum absolute atomic E-state index is 0.00913. The molecule has 0 radical (unpaired) electrons. The van der Waals surface area contributed by atoms with Gasteiger partial charge in [-0.2, -0.15) is 11.8 Å². The SMILES string of the molecule is CCCSCC(=O)N1CCc2cc(OC)c(OC)cc2C1CC(=O)O. The van der Waals surface area contributed by atoms with Gasteiger partial charge >= 0.3 is 5.97 Å². The number of fused-ring (bicyclic) bond motifs is 1. The fourth-order valence-electron chi connectivity index (χ4n) is 3.10. The average Bonchev–Trinajstić information content (AvgIpc) is 2.60. The van der Waals surface area contributed by atoms with E-state index in [1.807, 2.05) is 6.07 Å². The smallest absolute Gasteiger partial charge is 0.305 e. The van der Waals surface area contributed by atoms with E-state index in [4.69, 9.17) is 9.47 Å². The molecule has 2 rings (SSSR count). The maximum Gasteiger partial charge on any atom is 0.305 e. The Kier molecular flexibility index (Phi) is 6.99. The first kappa shape index (κ1) is 19.4. The summed E-state index contributed by atoms with van der Waals surface area (Å²) in [6.07, 6.45) is 1.57. The standard InChI is InChI=1S/C18H25NO5S/c1-4-7-25-11-17(20)19-6-5-12-8-15(23-2)16(24-3)9-13(12)14(19)10-18(21)22/h8-9,14H,4-7,10-11H2,1-3H3,(H,21,22). The van der Waals surface area contributed by atoms with Crippen LogP contribution in [0.2, 0.25) is 0 Å². The molecule has 1 amide bonds. The number of carboxylic acid groups (broad SMARTS) is 1. The predicted molar refractivity (Wildman–Crippen MR) is 97.6 cm³/mol. The van der Waals surface area contributed by atoms with Crippen LogP contribution in [-0.4, -0.2) is 54.2 Å². The molecule has 0 bridgehead atoms. The quantitative estimate of drug-likeness (QED) is 0.712. The Balaban J connectivity index is 2.33. The second kappa shape index (κ2) is 8.99. The molecule has 1 atom stereocenters. The third-order valence-corrected chi connectivity index (χ3v) is 5.41. The highest BCUT2D eigenvalue weighted by molar-refractivity contribution is 7.99. The third kappa shape index (κ3) is 4.60. The van der Waals surface area contributed by atoms with Crippen LogP contribution in [-0.2, 0) is 16.0 Å². The minimum atomic E-state index is -0.924. The molecule has 6 nitrogen and oxygen atoms in total. The van der Waals surface area contributed by atoms with Crippen LogP contribution in [0.15, 0.2) is 12.1 Å². The fourth-order valence-corrected chi connectivity index (χ4v) is 3.87. The van der Waals surface area contributed by atoms with Crippen LogP contribution >= 0.6 is 11.8 Å². The van der Waals surface area contributed by atoms with Gasteiger partial charge in [0.25, 0.3) is 0 Å². The zero-order chi connectivity index (χ0) is 18.4. The molecular weight excluding hydrogens is 342 g/mol. The van der Waals surface area contributed by atoms with Gasteiger partial charge in [0.15, 0.2) is 11.5 Å². The van der Waals surface area contributed by atoms with Crippen LogP contribution in [0.5, 0.6) is 11.5 Å². The van der Waals surface area contributed by atoms with E-state index in [0.717, 1.165) is 23.3 Å². The molecule has 1 aromatic rings. The Morgan fingerprint density at radius 3 is 2.56 bits per heavy atom. The molecule has 1 heterocycles. The number of hydrogen-bond donors (Lipinski definition) is 1. The molecule has 1 unspecified atom stereocenters. The maximum absolute atomic E-state index is 12.6. The summed E-state index contributed by atoms with van der Waals surface area (Å²) in [4.78, 5) is 25.7. The summed E-state index contributed by atoms with van der Waals surface area (Å²) in [6, 6.07) is 3.22. The third-order valence-electron chi connectivity index (χ3n) is 4.26. The van der Waals surface area contributed by atoms with Gasteiger partial charge in [0.2, 0.25) is 5.91 Å². The fraction of sp³-hybridized carbons (Fsp3) is 0.556. The molecule has 25 heavy (non-hydrogen) atoms. The number of aliphatic carboxylic acids is 1. The van der Waals surface area contributed by atoms with E-state index in [-0.39, 0.29) is 12.3 Å². The van der Waals surface area contributed by atoms with Gasteiger partial charge < -0.3 is 19.5 Å². The molecule has 1 N–H and O–H groups in total. The van der Waals surface area contributed by atoms with E-state index < -0.39 is 12.0 Å². The second-order valence-electron chi connectivity index (χ2n) is 5.91. The maximum atomic E-state index is 12.6. The van der Waals surface area contributed by atoms with Crippen LogP contribution < -0.4 is 9.47 Å². The number of carbonyl (C=O) groups excluding carboxylic acids is 1. The molecule has 0 aliphatic carbocycles. The average molecular weight is 367 g/mol. The van der Waals surface area contributed by atoms with Crippen molar-refractivity contribution in [3.8, 4) is 11.5 Å². The minimum Gasteiger partial charge on any atom is -0.493 e. The Morgan fingerprint density at radius 1 is 1.28 bits per heavy atom. The van der Waals surface area contributed by atoms with Crippen molar-refractivity contribution in [2.75, 3.05) is 32.3 Å². The summed E-state index contributed by atoms with van der Waals surface area (Å²) in [5, 5.41) is 9.33. The van der Waals surface area contributed by atoms with Gasteiger partial charge in [-0.25, -0.2) is 0 Å². The summed E-state index contributed by atoms with van der Waals surface area (Å²) in [5.41, 5.74) is 1.84. The van der Waals surface area contributed by atoms with Gasteiger partial charge in [0, 0.05) is 6.54 Å². The number of carboxylic acids is 1. The van der Waals surface area contributed by atoms with Crippen molar-refractivity contribution in [3.63, 3.8) is 0 Å². The number of benzene rings is 1. The number of rotatable bonds is 8. The summed E-state index contributed by atoms with van der Waals surface area (Å²) in [7, 11) is 3.12. The van der Waals surface area contributed by atoms with E-state index in [0.29, 0.717) is 30.2 Å². The van der Waals surface area contributed by atoms with Crippen molar-refractivity contribution in [1.29, 1.82) is 0 Å². The summed E-state index contributed by atoms with van der Waals surface area (Å²) >= 11 is 1.59. The van der Waals surface area contributed by atoms with Crippen molar-refractivity contribution in [3.05, 3.63) is 23.3 Å². The molecule has 0 spiro atoms. The van der Waals surface area contributed by atoms with Crippen LogP contribution in [0.4, 0.5) is 0 Å². The highest BCUT2D eigenvalue weighted by Crippen LogP contribution is 2.39. The largest absolute Gasteiger partial charge is 0.493 e. The van der Waals surface area contributed by atoms with E-state index in [1.165, 1.54) is 0 Å². The topological polar surface area (TPSA) is 76.1 Å². The number of ether oxygens (including phenoxy) is 2. The Morgan fingerprint density at radius 2 is 1.96 bits per heavy atom. The highest BCUT2D eigenvalue weighted by atomic mass is 32.2. The number of amides is 1. The molecule has 1 aliphatic heterocycles. The van der Waals surface area contributed by atoms with Crippen molar-refractivity contribution in [2.45, 2.75) is 32.2 Å². The Bertz CT molecular complexity index is 634. The molecular formula is C18H25NO5S. The summed E-state index contributed by atoms with van der Waals surface area (Å²) < 4.78 is 10.7. The monoisotopic (exact) mass is 367 g/mol. The van der Waals surface area contributed by atoms with Gasteiger partial charge in [-0.05, 0) is 41.9 Å². The molecule has 0 fully saturated rings. The zero-order valence-electron chi connectivity index (χ0n) is 14.9. The molecule has 7 heteroatoms. The first-order valence-corrected chi connectivity index (χ1v) is 9.51. The Labute approximate surface area is 152 Å². The lowest BCUT2D eigenvalue weighted by atomic mass is 9.90. The van der Waals surface area contributed by atoms with Gasteiger partial charge in [0.1, 0.15) is 0 Å². The van der Waals surface area contributed by atoms with Crippen molar-refractivity contribution in [2.24, 2.45) is 0 Å². The lowest BCUT2D eigenvalue weighted by molar-refractivity contribution is -0.140. The molecule has 0 aromatic heterocycles. The van der Waals surface area contributed by atoms with E-state index in [9.17, 15) is 14.7 Å². The van der Waals surface area contributed by atoms with Crippen LogP contribution in [0.1, 0.15) is 36.9 Å². The van der Waals surface area contributed by atoms with Gasteiger partial charge in [-0.15, -0.1) is 0 Å². The summed E-state index contributed by atoms with van der Waals surface area (Å²) in [5.74, 6) is 1.54. The van der Waals surface area contributed by atoms with Crippen molar-refractivity contribution < 1.29 is 24.2 Å². The van der Waals surface area contributed by atoms with Gasteiger partial charge in [-0.1, -0.05) is 6.92 Å². The van der Waals surface area contributed by atoms with E-state index in [2.05, 4.69) is 6.92 Å². The first-order chi connectivity index (χ1) is 12.0. The van der Waals surface area contributed by atoms with E-state index in [1.54, 1.807) is 36.9 Å². The normalized spacial score (nSPS) is 16.3. The van der Waals surface area contributed by atoms with Gasteiger partial charge in [0.05, 0.1) is 32.4 Å². The predicted octanol–water partition coefficient (Wildman–Crippen LogP) is 2.75. The number of hydrogen-bond acceptors (Lipinski definition) is 5.